The zero-order valence-corrected chi connectivity index (χ0v) is 12.5. The number of hydrogen-bond acceptors (Lipinski definition) is 2. The lowest BCUT2D eigenvalue weighted by Gasteiger charge is -2.31. The van der Waals surface area contributed by atoms with Crippen LogP contribution in [0.15, 0.2) is 22.7 Å². The Labute approximate surface area is 121 Å². The minimum Gasteiger partial charge on any atom is -0.349 e. The molecule has 0 atom stereocenters. The topological polar surface area (TPSA) is 32.3 Å². The second kappa shape index (κ2) is 6.48. The first kappa shape index (κ1) is 14.5. The lowest BCUT2D eigenvalue weighted by molar-refractivity contribution is 0.0908. The zero-order valence-electron chi connectivity index (χ0n) is 11.0. The average molecular weight is 329 g/mol. The summed E-state index contributed by atoms with van der Waals surface area (Å²) >= 11 is 3.10. The van der Waals surface area contributed by atoms with Gasteiger partial charge in [0.05, 0.1) is 10.0 Å². The number of rotatable bonds is 3. The van der Waals surface area contributed by atoms with Crippen LogP contribution in [0.1, 0.15) is 30.1 Å². The molecule has 1 heterocycles. The summed E-state index contributed by atoms with van der Waals surface area (Å²) in [6.07, 6.45) is 1.85. The molecule has 3 nitrogen and oxygen atoms in total. The van der Waals surface area contributed by atoms with E-state index in [2.05, 4.69) is 33.1 Å². The molecule has 1 N–H and O–H groups in total. The summed E-state index contributed by atoms with van der Waals surface area (Å²) in [4.78, 5) is 14.4. The molecule has 1 aromatic carbocycles. The summed E-state index contributed by atoms with van der Waals surface area (Å²) in [5.74, 6) is -0.820. The normalized spacial score (nSPS) is 17.4. The van der Waals surface area contributed by atoms with E-state index in [4.69, 9.17) is 0 Å². The molecule has 0 aromatic heterocycles. The maximum absolute atomic E-state index is 13.8. The summed E-state index contributed by atoms with van der Waals surface area (Å²) in [6.45, 7) is 5.15. The van der Waals surface area contributed by atoms with Gasteiger partial charge in [-0.15, -0.1) is 0 Å². The van der Waals surface area contributed by atoms with Gasteiger partial charge in [-0.25, -0.2) is 4.39 Å². The fourth-order valence-electron chi connectivity index (χ4n) is 2.34. The predicted octanol–water partition coefficient (Wildman–Crippen LogP) is 2.80. The molecular formula is C14H18BrFN2O. The molecule has 1 aliphatic heterocycles. The second-order valence-electron chi connectivity index (χ2n) is 4.78. The molecule has 5 heteroatoms. The van der Waals surface area contributed by atoms with Crippen LogP contribution in [0.2, 0.25) is 0 Å². The number of piperidine rings is 1. The zero-order chi connectivity index (χ0) is 13.8. The minimum atomic E-state index is -0.494. The van der Waals surface area contributed by atoms with Crippen LogP contribution in [0.4, 0.5) is 4.39 Å². The lowest BCUT2D eigenvalue weighted by Crippen LogP contribution is -2.44. The van der Waals surface area contributed by atoms with Crippen LogP contribution in [0.5, 0.6) is 0 Å². The number of carbonyl (C=O) groups is 1. The molecule has 0 aliphatic carbocycles. The Morgan fingerprint density at radius 2 is 2.16 bits per heavy atom. The van der Waals surface area contributed by atoms with Gasteiger partial charge in [-0.2, -0.15) is 0 Å². The van der Waals surface area contributed by atoms with Crippen LogP contribution < -0.4 is 5.32 Å². The summed E-state index contributed by atoms with van der Waals surface area (Å²) in [7, 11) is 0. The highest BCUT2D eigenvalue weighted by Crippen LogP contribution is 2.19. The first-order chi connectivity index (χ1) is 9.11. The van der Waals surface area contributed by atoms with Crippen molar-refractivity contribution in [3.63, 3.8) is 0 Å². The summed E-state index contributed by atoms with van der Waals surface area (Å²) in [6, 6.07) is 4.91. The highest BCUT2D eigenvalue weighted by molar-refractivity contribution is 9.10. The largest absolute Gasteiger partial charge is 0.349 e. The van der Waals surface area contributed by atoms with Gasteiger partial charge in [0.2, 0.25) is 0 Å². The maximum atomic E-state index is 13.8. The van der Waals surface area contributed by atoms with Gasteiger partial charge in [-0.05, 0) is 47.4 Å². The molecule has 104 valence electrons. The smallest absolute Gasteiger partial charge is 0.254 e. The molecule has 19 heavy (non-hydrogen) atoms. The lowest BCUT2D eigenvalue weighted by atomic mass is 10.0. The number of carbonyl (C=O) groups excluding carboxylic acids is 1. The molecule has 0 unspecified atom stereocenters. The van der Waals surface area contributed by atoms with Crippen molar-refractivity contribution in [2.24, 2.45) is 0 Å². The van der Waals surface area contributed by atoms with Gasteiger partial charge >= 0.3 is 0 Å². The number of nitrogens with one attached hydrogen (secondary N) is 1. The maximum Gasteiger partial charge on any atom is 0.254 e. The predicted molar refractivity (Wildman–Crippen MR) is 76.7 cm³/mol. The van der Waals surface area contributed by atoms with E-state index in [0.29, 0.717) is 4.47 Å². The first-order valence-corrected chi connectivity index (χ1v) is 7.38. The fourth-order valence-corrected chi connectivity index (χ4v) is 2.70. The summed E-state index contributed by atoms with van der Waals surface area (Å²) in [5, 5.41) is 2.92. The van der Waals surface area contributed by atoms with Crippen LogP contribution in [0, 0.1) is 5.82 Å². The van der Waals surface area contributed by atoms with E-state index in [-0.39, 0.29) is 17.5 Å². The summed E-state index contributed by atoms with van der Waals surface area (Å²) < 4.78 is 14.1. The second-order valence-corrected chi connectivity index (χ2v) is 5.64. The van der Waals surface area contributed by atoms with Gasteiger partial charge in [-0.3, -0.25) is 4.79 Å². The Morgan fingerprint density at radius 3 is 2.79 bits per heavy atom. The average Bonchev–Trinajstić information content (AvgIpc) is 2.42. The Balaban J connectivity index is 1.96. The van der Waals surface area contributed by atoms with Crippen molar-refractivity contribution in [2.45, 2.75) is 25.8 Å². The first-order valence-electron chi connectivity index (χ1n) is 6.59. The molecule has 1 amide bonds. The quantitative estimate of drug-likeness (QED) is 0.925. The van der Waals surface area contributed by atoms with E-state index < -0.39 is 5.82 Å². The van der Waals surface area contributed by atoms with E-state index >= 15 is 0 Å². The SMILES string of the molecule is CCN1CCC(NC(=O)c2cccc(Br)c2F)CC1. The number of benzene rings is 1. The molecule has 0 spiro atoms. The van der Waals surface area contributed by atoms with Gasteiger partial charge in [0.1, 0.15) is 5.82 Å². The highest BCUT2D eigenvalue weighted by atomic mass is 79.9. The van der Waals surface area contributed by atoms with E-state index in [9.17, 15) is 9.18 Å². The number of halogens is 2. The van der Waals surface area contributed by atoms with Gasteiger partial charge in [-0.1, -0.05) is 13.0 Å². The van der Waals surface area contributed by atoms with E-state index in [1.165, 1.54) is 6.07 Å². The molecule has 0 radical (unpaired) electrons. The van der Waals surface area contributed by atoms with Crippen molar-refractivity contribution in [3.05, 3.63) is 34.1 Å². The number of amides is 1. The van der Waals surface area contributed by atoms with Crippen LogP contribution in [-0.4, -0.2) is 36.5 Å². The van der Waals surface area contributed by atoms with Gasteiger partial charge in [0, 0.05) is 19.1 Å². The van der Waals surface area contributed by atoms with Crippen molar-refractivity contribution in [3.8, 4) is 0 Å². The van der Waals surface area contributed by atoms with Crippen LogP contribution in [0.3, 0.4) is 0 Å². The third-order valence-corrected chi connectivity index (χ3v) is 4.18. The number of likely N-dealkylation sites (tertiary alicyclic amines) is 1. The van der Waals surface area contributed by atoms with Crippen LogP contribution >= 0.6 is 15.9 Å². The molecule has 0 saturated carbocycles. The van der Waals surface area contributed by atoms with Crippen LogP contribution in [0.25, 0.3) is 0 Å². The molecule has 1 aromatic rings. The third kappa shape index (κ3) is 3.54. The molecule has 1 saturated heterocycles. The van der Waals surface area contributed by atoms with Crippen LogP contribution in [-0.2, 0) is 0 Å². The van der Waals surface area contributed by atoms with Gasteiger partial charge in [0.25, 0.3) is 5.91 Å². The van der Waals surface area contributed by atoms with Crippen molar-refractivity contribution >= 4 is 21.8 Å². The number of hydrogen-bond donors (Lipinski definition) is 1. The standard InChI is InChI=1S/C14H18BrFN2O/c1-2-18-8-6-10(7-9-18)17-14(19)11-4-3-5-12(15)13(11)16/h3-5,10H,2,6-9H2,1H3,(H,17,19). The molecule has 1 aliphatic rings. The van der Waals surface area contributed by atoms with Gasteiger partial charge in [0.15, 0.2) is 0 Å². The highest BCUT2D eigenvalue weighted by Gasteiger charge is 2.21. The molecule has 2 rings (SSSR count). The van der Waals surface area contributed by atoms with Crippen molar-refractivity contribution < 1.29 is 9.18 Å². The molecule has 1 fully saturated rings. The Hall–Kier alpha value is -0.940. The minimum absolute atomic E-state index is 0.104. The Bertz CT molecular complexity index is 459. The molecule has 0 bridgehead atoms. The van der Waals surface area contributed by atoms with E-state index in [1.54, 1.807) is 12.1 Å². The Kier molecular flexibility index (Phi) is 4.93. The van der Waals surface area contributed by atoms with E-state index in [0.717, 1.165) is 32.5 Å². The Morgan fingerprint density at radius 1 is 1.47 bits per heavy atom. The third-order valence-electron chi connectivity index (χ3n) is 3.57. The van der Waals surface area contributed by atoms with Gasteiger partial charge < -0.3 is 10.2 Å². The van der Waals surface area contributed by atoms with Crippen molar-refractivity contribution in [1.82, 2.24) is 10.2 Å². The number of nitrogens with zero attached hydrogens (tertiary/aromatic N) is 1. The van der Waals surface area contributed by atoms with E-state index in [1.807, 2.05) is 0 Å². The monoisotopic (exact) mass is 328 g/mol. The van der Waals surface area contributed by atoms with Crippen molar-refractivity contribution in [1.29, 1.82) is 0 Å². The van der Waals surface area contributed by atoms with Crippen molar-refractivity contribution in [2.75, 3.05) is 19.6 Å². The fraction of sp³-hybridized carbons (Fsp3) is 0.500. The summed E-state index contributed by atoms with van der Waals surface area (Å²) in [5.41, 5.74) is 0.104. The molecular weight excluding hydrogens is 311 g/mol.